The predicted octanol–water partition coefficient (Wildman–Crippen LogP) is 2.58. The summed E-state index contributed by atoms with van der Waals surface area (Å²) in [7, 11) is 0. The number of likely N-dealkylation sites (tertiary alicyclic amines) is 1. The molecule has 0 bridgehead atoms. The quantitative estimate of drug-likeness (QED) is 0.892. The van der Waals surface area contributed by atoms with Gasteiger partial charge in [0.25, 0.3) is 0 Å². The number of aromatic nitrogens is 2. The van der Waals surface area contributed by atoms with Gasteiger partial charge in [-0.2, -0.15) is 5.10 Å². The monoisotopic (exact) mass is 375 g/mol. The van der Waals surface area contributed by atoms with E-state index in [0.717, 1.165) is 37.0 Å². The number of allylic oxidation sites excluding steroid dienone is 1. The fraction of sp³-hybridized carbons (Fsp3) is 0.381. The topological polar surface area (TPSA) is 61.1 Å². The molecular formula is C21H25N7. The highest BCUT2D eigenvalue weighted by atomic mass is 15.6. The molecule has 0 aliphatic carbocycles. The van der Waals surface area contributed by atoms with Gasteiger partial charge in [0.1, 0.15) is 6.67 Å². The zero-order valence-electron chi connectivity index (χ0n) is 16.1. The summed E-state index contributed by atoms with van der Waals surface area (Å²) >= 11 is 0. The molecule has 3 aliphatic heterocycles. The number of piperidine rings is 1. The van der Waals surface area contributed by atoms with E-state index < -0.39 is 0 Å². The van der Waals surface area contributed by atoms with Gasteiger partial charge in [0.2, 0.25) is 5.96 Å². The standard InChI is InChI=1S/C21H25N7/c1-16-10-20(28-21(25-16)22-15-24-28)18-6-5-9-26(14-18)12-17-11-23-27(13-17)19-7-3-2-4-8-19/h2-4,7-8,10-11,13,18,24H,5-6,9,12,14-15H2,1H3. The third-order valence-corrected chi connectivity index (χ3v) is 5.53. The van der Waals surface area contributed by atoms with Crippen LogP contribution in [0.4, 0.5) is 0 Å². The maximum absolute atomic E-state index is 4.54. The van der Waals surface area contributed by atoms with Crippen molar-refractivity contribution in [3.63, 3.8) is 0 Å². The minimum Gasteiger partial charge on any atom is -0.298 e. The molecule has 1 unspecified atom stereocenters. The largest absolute Gasteiger partial charge is 0.298 e. The summed E-state index contributed by atoms with van der Waals surface area (Å²) in [6.45, 7) is 5.76. The minimum absolute atomic E-state index is 0.485. The normalized spacial score (nSPS) is 22.5. The number of guanidine groups is 1. The molecule has 1 aromatic heterocycles. The smallest absolute Gasteiger partial charge is 0.241 e. The molecule has 1 fully saturated rings. The molecule has 1 saturated heterocycles. The molecule has 7 nitrogen and oxygen atoms in total. The highest BCUT2D eigenvalue weighted by Gasteiger charge is 2.32. The number of hydrogen-bond acceptors (Lipinski definition) is 6. The number of nitrogens with one attached hydrogen (secondary N) is 1. The Morgan fingerprint density at radius 1 is 1.21 bits per heavy atom. The van der Waals surface area contributed by atoms with Crippen molar-refractivity contribution in [3.8, 4) is 5.69 Å². The van der Waals surface area contributed by atoms with Gasteiger partial charge in [-0.05, 0) is 44.5 Å². The molecule has 28 heavy (non-hydrogen) atoms. The predicted molar refractivity (Wildman–Crippen MR) is 110 cm³/mol. The van der Waals surface area contributed by atoms with Crippen LogP contribution in [0.3, 0.4) is 0 Å². The van der Waals surface area contributed by atoms with E-state index in [1.165, 1.54) is 24.1 Å². The first-order valence-electron chi connectivity index (χ1n) is 9.92. The molecule has 1 atom stereocenters. The van der Waals surface area contributed by atoms with Gasteiger partial charge in [-0.3, -0.25) is 4.90 Å². The molecule has 0 spiro atoms. The van der Waals surface area contributed by atoms with Gasteiger partial charge < -0.3 is 0 Å². The van der Waals surface area contributed by atoms with Gasteiger partial charge in [0.15, 0.2) is 0 Å². The van der Waals surface area contributed by atoms with Crippen molar-refractivity contribution in [3.05, 3.63) is 60.1 Å². The lowest BCUT2D eigenvalue weighted by Crippen LogP contribution is -2.45. The first-order chi connectivity index (χ1) is 13.8. The zero-order chi connectivity index (χ0) is 18.9. The second kappa shape index (κ2) is 7.33. The Balaban J connectivity index is 1.29. The van der Waals surface area contributed by atoms with Crippen molar-refractivity contribution < 1.29 is 0 Å². The van der Waals surface area contributed by atoms with E-state index in [0.29, 0.717) is 12.6 Å². The molecule has 1 aromatic carbocycles. The van der Waals surface area contributed by atoms with Crippen LogP contribution in [0.15, 0.2) is 64.5 Å². The van der Waals surface area contributed by atoms with Crippen LogP contribution in [0, 0.1) is 5.92 Å². The lowest BCUT2D eigenvalue weighted by molar-refractivity contribution is 0.166. The second-order valence-electron chi connectivity index (χ2n) is 7.64. The third kappa shape index (κ3) is 3.39. The number of fused-ring (bicyclic) bond motifs is 1. The molecule has 3 aliphatic rings. The van der Waals surface area contributed by atoms with Crippen molar-refractivity contribution in [1.82, 2.24) is 25.1 Å². The van der Waals surface area contributed by atoms with E-state index in [2.05, 4.69) is 61.7 Å². The summed E-state index contributed by atoms with van der Waals surface area (Å²) in [5.41, 5.74) is 8.02. The number of hydrazine groups is 1. The summed E-state index contributed by atoms with van der Waals surface area (Å²) in [5.74, 6) is 1.29. The van der Waals surface area contributed by atoms with Crippen LogP contribution >= 0.6 is 0 Å². The number of para-hydroxylation sites is 1. The first-order valence-corrected chi connectivity index (χ1v) is 9.92. The molecule has 2 aromatic rings. The highest BCUT2D eigenvalue weighted by molar-refractivity contribution is 6.05. The van der Waals surface area contributed by atoms with Crippen LogP contribution in [0.1, 0.15) is 25.3 Å². The Morgan fingerprint density at radius 2 is 2.11 bits per heavy atom. The average Bonchev–Trinajstić information content (AvgIpc) is 3.38. The molecule has 0 radical (unpaired) electrons. The highest BCUT2D eigenvalue weighted by Crippen LogP contribution is 2.29. The minimum atomic E-state index is 0.485. The van der Waals surface area contributed by atoms with Crippen LogP contribution in [0.2, 0.25) is 0 Å². The maximum atomic E-state index is 4.54. The van der Waals surface area contributed by atoms with Gasteiger partial charge in [0.05, 0.1) is 11.9 Å². The Labute approximate surface area is 165 Å². The fourth-order valence-electron chi connectivity index (χ4n) is 4.24. The molecule has 0 amide bonds. The van der Waals surface area contributed by atoms with E-state index in [4.69, 9.17) is 0 Å². The van der Waals surface area contributed by atoms with Crippen LogP contribution in [0.25, 0.3) is 5.69 Å². The molecule has 4 heterocycles. The van der Waals surface area contributed by atoms with E-state index in [9.17, 15) is 0 Å². The van der Waals surface area contributed by atoms with Gasteiger partial charge in [-0.1, -0.05) is 18.2 Å². The van der Waals surface area contributed by atoms with Gasteiger partial charge in [-0.15, -0.1) is 0 Å². The molecule has 5 rings (SSSR count). The van der Waals surface area contributed by atoms with E-state index in [-0.39, 0.29) is 0 Å². The van der Waals surface area contributed by atoms with Gasteiger partial charge in [0, 0.05) is 42.2 Å². The molecule has 144 valence electrons. The maximum Gasteiger partial charge on any atom is 0.241 e. The summed E-state index contributed by atoms with van der Waals surface area (Å²) in [5, 5.41) is 6.62. The number of aliphatic imine (C=N–C) groups is 2. The Hall–Kier alpha value is -2.77. The van der Waals surface area contributed by atoms with Crippen molar-refractivity contribution in [2.75, 3.05) is 19.8 Å². The average molecular weight is 375 g/mol. The van der Waals surface area contributed by atoms with Gasteiger partial charge in [-0.25, -0.2) is 25.1 Å². The van der Waals surface area contributed by atoms with Crippen molar-refractivity contribution >= 4 is 11.7 Å². The second-order valence-corrected chi connectivity index (χ2v) is 7.64. The van der Waals surface area contributed by atoms with Crippen molar-refractivity contribution in [1.29, 1.82) is 0 Å². The molecule has 1 N–H and O–H groups in total. The zero-order valence-corrected chi connectivity index (χ0v) is 16.1. The summed E-state index contributed by atoms with van der Waals surface area (Å²) in [6, 6.07) is 10.3. The van der Waals surface area contributed by atoms with E-state index in [1.54, 1.807) is 0 Å². The summed E-state index contributed by atoms with van der Waals surface area (Å²) in [4.78, 5) is 11.5. The summed E-state index contributed by atoms with van der Waals surface area (Å²) in [6.07, 6.45) is 8.73. The van der Waals surface area contributed by atoms with E-state index >= 15 is 0 Å². The molecular weight excluding hydrogens is 350 g/mol. The lowest BCUT2D eigenvalue weighted by Gasteiger charge is -2.37. The Kier molecular flexibility index (Phi) is 4.54. The number of nitrogens with zero attached hydrogens (tertiary/aromatic N) is 6. The van der Waals surface area contributed by atoms with Crippen LogP contribution < -0.4 is 5.43 Å². The lowest BCUT2D eigenvalue weighted by atomic mass is 9.92. The van der Waals surface area contributed by atoms with Crippen molar-refractivity contribution in [2.24, 2.45) is 15.9 Å². The van der Waals surface area contributed by atoms with Crippen LogP contribution in [-0.2, 0) is 6.54 Å². The summed E-state index contributed by atoms with van der Waals surface area (Å²) < 4.78 is 1.96. The van der Waals surface area contributed by atoms with E-state index in [1.807, 2.05) is 29.1 Å². The number of hydrogen-bond donors (Lipinski definition) is 1. The third-order valence-electron chi connectivity index (χ3n) is 5.53. The number of rotatable bonds is 4. The molecule has 7 heteroatoms. The number of benzene rings is 1. The van der Waals surface area contributed by atoms with Crippen molar-refractivity contribution in [2.45, 2.75) is 26.3 Å². The van der Waals surface area contributed by atoms with Crippen LogP contribution in [0.5, 0.6) is 0 Å². The molecule has 0 saturated carbocycles. The first kappa shape index (κ1) is 17.3. The Morgan fingerprint density at radius 3 is 3.00 bits per heavy atom. The van der Waals surface area contributed by atoms with Crippen LogP contribution in [-0.4, -0.2) is 51.1 Å². The fourth-order valence-corrected chi connectivity index (χ4v) is 4.24. The van der Waals surface area contributed by atoms with Gasteiger partial charge >= 0.3 is 0 Å². The SMILES string of the molecule is CC1=NC2=NCNN2C(C2CCCN(Cc3cnn(-c4ccccc4)c3)C2)=C1. The Bertz CT molecular complexity index is 941.